The third-order valence-electron chi connectivity index (χ3n) is 5.43. The first kappa shape index (κ1) is 30.6. The minimum Gasteiger partial charge on any atom is -0.539 e. The lowest BCUT2D eigenvalue weighted by Crippen LogP contribution is -2.90. The summed E-state index contributed by atoms with van der Waals surface area (Å²) >= 11 is 0. The molecule has 0 aliphatic heterocycles. The summed E-state index contributed by atoms with van der Waals surface area (Å²) in [5.41, 5.74) is 0.789. The Bertz CT molecular complexity index is 664. The highest BCUT2D eigenvalue weighted by molar-refractivity contribution is 6.26. The fourth-order valence-corrected chi connectivity index (χ4v) is 3.37. The number of carboxylic acids is 2. The zero-order valence-corrected chi connectivity index (χ0v) is 20.0. The van der Waals surface area contributed by atoms with Gasteiger partial charge in [-0.05, 0) is 31.0 Å². The lowest BCUT2D eigenvalue weighted by molar-refractivity contribution is -0.693. The van der Waals surface area contributed by atoms with E-state index in [0.717, 1.165) is 12.0 Å². The van der Waals surface area contributed by atoms with E-state index in [4.69, 9.17) is 19.8 Å². The van der Waals surface area contributed by atoms with Gasteiger partial charge in [-0.3, -0.25) is 4.79 Å². The molecule has 8 nitrogen and oxygen atoms in total. The summed E-state index contributed by atoms with van der Waals surface area (Å²) in [5.74, 6) is -3.48. The van der Waals surface area contributed by atoms with Gasteiger partial charge in [0.15, 0.2) is 5.97 Å². The molecule has 0 aliphatic carbocycles. The van der Waals surface area contributed by atoms with E-state index in [2.05, 4.69) is 6.92 Å². The average Bonchev–Trinajstić information content (AvgIpc) is 2.78. The Hall–Kier alpha value is -2.45. The number of carbonyl (C=O) groups excluding carboxylic acids is 2. The molecule has 1 rings (SSSR count). The maximum Gasteiger partial charge on any atom is 0.351 e. The van der Waals surface area contributed by atoms with Crippen LogP contribution in [0.5, 0.6) is 5.75 Å². The second-order valence-electron chi connectivity index (χ2n) is 8.38. The molecule has 33 heavy (non-hydrogen) atoms. The molecule has 0 saturated heterocycles. The molecule has 0 aromatic heterocycles. The van der Waals surface area contributed by atoms with E-state index in [-0.39, 0.29) is 11.8 Å². The van der Waals surface area contributed by atoms with Gasteiger partial charge in [-0.15, -0.1) is 0 Å². The van der Waals surface area contributed by atoms with Crippen molar-refractivity contribution in [3.8, 4) is 5.75 Å². The van der Waals surface area contributed by atoms with Gasteiger partial charge in [0, 0.05) is 6.42 Å². The van der Waals surface area contributed by atoms with Crippen LogP contribution >= 0.6 is 0 Å². The van der Waals surface area contributed by atoms with Gasteiger partial charge in [0.05, 0.1) is 13.0 Å². The van der Waals surface area contributed by atoms with E-state index in [1.54, 1.807) is 24.3 Å². The van der Waals surface area contributed by atoms with Crippen LogP contribution in [0, 0.1) is 0 Å². The van der Waals surface area contributed by atoms with Gasteiger partial charge in [-0.1, -0.05) is 70.4 Å². The van der Waals surface area contributed by atoms with Crippen LogP contribution in [-0.2, 0) is 14.4 Å². The van der Waals surface area contributed by atoms with Gasteiger partial charge in [-0.2, -0.15) is 0 Å². The molecule has 0 saturated carbocycles. The molecular formula is C25H41NO7. The van der Waals surface area contributed by atoms with Crippen molar-refractivity contribution >= 4 is 17.7 Å². The van der Waals surface area contributed by atoms with Crippen LogP contribution in [-0.4, -0.2) is 45.6 Å². The van der Waals surface area contributed by atoms with Gasteiger partial charge in [-0.25, -0.2) is 4.79 Å². The number of rotatable bonds is 16. The topological polar surface area (TPSA) is 152 Å². The third-order valence-corrected chi connectivity index (χ3v) is 5.43. The largest absolute Gasteiger partial charge is 0.539 e. The normalized spacial score (nSPS) is 12.3. The molecule has 0 radical (unpaired) electrons. The van der Waals surface area contributed by atoms with E-state index in [1.807, 2.05) is 12.2 Å². The number of ketones is 1. The summed E-state index contributed by atoms with van der Waals surface area (Å²) in [7, 11) is 0. The van der Waals surface area contributed by atoms with Crippen molar-refractivity contribution in [2.24, 2.45) is 0 Å². The average molecular weight is 468 g/mol. The molecule has 8 heteroatoms. The Morgan fingerprint density at radius 1 is 0.909 bits per heavy atom. The number of aliphatic hydroxyl groups excluding tert-OH is 1. The van der Waals surface area contributed by atoms with E-state index in [9.17, 15) is 15.0 Å². The number of carbonyl (C=O) groups is 3. The molecule has 0 amide bonds. The first-order valence-electron chi connectivity index (χ1n) is 11.9. The molecule has 0 heterocycles. The van der Waals surface area contributed by atoms with Crippen molar-refractivity contribution in [3.05, 3.63) is 29.8 Å². The number of aliphatic carboxylic acids is 2. The maximum absolute atomic E-state index is 12.0. The Morgan fingerprint density at radius 2 is 1.39 bits per heavy atom. The monoisotopic (exact) mass is 467 g/mol. The minimum absolute atomic E-state index is 0.0185. The van der Waals surface area contributed by atoms with Crippen LogP contribution in [0.4, 0.5) is 0 Å². The van der Waals surface area contributed by atoms with Crippen molar-refractivity contribution in [2.75, 3.05) is 6.54 Å². The molecule has 0 fully saturated rings. The second kappa shape index (κ2) is 19.1. The smallest absolute Gasteiger partial charge is 0.351 e. The standard InChI is InChI=1S/C23H39NO3.C2H2O4/c1-3-4-5-6-7-8-9-10-11-12-21(25)17-18-24-19(2)23(27)20-13-15-22(26)16-14-20;3-1(4)2(5)6/h13-16,19,23-24,26-27H,3-12,17-18H2,1-2H3;(H,3,4)(H,5,6). The Morgan fingerprint density at radius 3 is 1.88 bits per heavy atom. The van der Waals surface area contributed by atoms with E-state index < -0.39 is 18.0 Å². The zero-order valence-electron chi connectivity index (χ0n) is 20.0. The predicted molar refractivity (Wildman–Crippen MR) is 123 cm³/mol. The van der Waals surface area contributed by atoms with Crippen molar-refractivity contribution in [2.45, 2.75) is 96.6 Å². The third kappa shape index (κ3) is 16.8. The molecule has 0 spiro atoms. The molecule has 2 unspecified atom stereocenters. The Labute approximate surface area is 197 Å². The highest BCUT2D eigenvalue weighted by atomic mass is 16.4. The van der Waals surface area contributed by atoms with Crippen LogP contribution in [0.25, 0.3) is 0 Å². The minimum atomic E-state index is -2.07. The summed E-state index contributed by atoms with van der Waals surface area (Å²) in [6.45, 7) is 4.92. The molecule has 1 aromatic rings. The number of aliphatic hydroxyl groups is 1. The number of aromatic hydroxyl groups is 1. The second-order valence-corrected chi connectivity index (χ2v) is 8.38. The predicted octanol–water partition coefficient (Wildman–Crippen LogP) is 2.08. The van der Waals surface area contributed by atoms with Crippen molar-refractivity contribution < 1.29 is 40.1 Å². The molecular weight excluding hydrogens is 426 g/mol. The van der Waals surface area contributed by atoms with Crippen LogP contribution in [0.15, 0.2) is 24.3 Å². The quantitative estimate of drug-likeness (QED) is 0.214. The van der Waals surface area contributed by atoms with Crippen molar-refractivity contribution in [3.63, 3.8) is 0 Å². The van der Waals surface area contributed by atoms with Gasteiger partial charge >= 0.3 is 5.97 Å². The number of phenolic OH excluding ortho intramolecular Hbond substituents is 1. The lowest BCUT2D eigenvalue weighted by Gasteiger charge is -2.17. The zero-order chi connectivity index (χ0) is 25.1. The number of hydrogen-bond acceptors (Lipinski definition) is 6. The van der Waals surface area contributed by atoms with Gasteiger partial charge in [0.1, 0.15) is 23.7 Å². The van der Waals surface area contributed by atoms with Gasteiger partial charge in [0.2, 0.25) is 0 Å². The Balaban J connectivity index is 0.00000150. The number of phenols is 1. The highest BCUT2D eigenvalue weighted by Crippen LogP contribution is 2.18. The summed E-state index contributed by atoms with van der Waals surface area (Å²) in [6, 6.07) is 6.62. The first-order chi connectivity index (χ1) is 15.7. The highest BCUT2D eigenvalue weighted by Gasteiger charge is 2.19. The maximum atomic E-state index is 12.0. The fourth-order valence-electron chi connectivity index (χ4n) is 3.37. The summed E-state index contributed by atoms with van der Waals surface area (Å²) in [4.78, 5) is 30.0. The molecule has 2 atom stereocenters. The lowest BCUT2D eigenvalue weighted by atomic mass is 10.0. The number of carboxylic acid groups (broad SMARTS) is 2. The van der Waals surface area contributed by atoms with E-state index in [1.165, 1.54) is 51.4 Å². The number of Topliss-reactive ketones (excluding diaryl/α,β-unsaturated/α-hetero) is 1. The van der Waals surface area contributed by atoms with E-state index in [0.29, 0.717) is 25.2 Å². The van der Waals surface area contributed by atoms with Crippen LogP contribution in [0.1, 0.15) is 96.1 Å². The van der Waals surface area contributed by atoms with Crippen molar-refractivity contribution in [1.82, 2.24) is 0 Å². The van der Waals surface area contributed by atoms with Crippen LogP contribution in [0.3, 0.4) is 0 Å². The molecule has 1 aromatic carbocycles. The van der Waals surface area contributed by atoms with E-state index >= 15 is 0 Å². The number of quaternary nitrogens is 1. The SMILES string of the molecule is CCCCCCCCCCCC(=O)CC[NH2+]C(C)C(O)c1ccc(O)cc1.O=C([O-])C(=O)O. The number of unbranched alkanes of at least 4 members (excludes halogenated alkanes) is 8. The molecule has 188 valence electrons. The summed E-state index contributed by atoms with van der Waals surface area (Å²) < 4.78 is 0. The van der Waals surface area contributed by atoms with Gasteiger partial charge < -0.3 is 30.5 Å². The number of benzene rings is 1. The Kier molecular flexibility index (Phi) is 17.6. The van der Waals surface area contributed by atoms with Crippen molar-refractivity contribution in [1.29, 1.82) is 0 Å². The number of nitrogens with two attached hydrogens (primary N) is 1. The summed E-state index contributed by atoms with van der Waals surface area (Å²) in [5, 5.41) is 38.0. The molecule has 0 aliphatic rings. The van der Waals surface area contributed by atoms with Crippen LogP contribution < -0.4 is 10.4 Å². The number of hydrogen-bond donors (Lipinski definition) is 4. The summed E-state index contributed by atoms with van der Waals surface area (Å²) in [6.07, 6.45) is 12.1. The molecule has 0 bridgehead atoms. The molecule has 5 N–H and O–H groups in total. The fraction of sp³-hybridized carbons (Fsp3) is 0.640. The van der Waals surface area contributed by atoms with Gasteiger partial charge in [0.25, 0.3) is 0 Å². The van der Waals surface area contributed by atoms with Crippen LogP contribution in [0.2, 0.25) is 0 Å². The first-order valence-corrected chi connectivity index (χ1v) is 11.9.